The van der Waals surface area contributed by atoms with E-state index in [0.29, 0.717) is 51.6 Å². The number of nitrogens with one attached hydrogen (secondary N) is 3. The first-order valence-electron chi connectivity index (χ1n) is 16.5. The van der Waals surface area contributed by atoms with E-state index in [1.54, 1.807) is 17.3 Å². The van der Waals surface area contributed by atoms with Crippen molar-refractivity contribution in [1.29, 1.82) is 0 Å². The normalized spacial score (nSPS) is 15.7. The largest absolute Gasteiger partial charge is 0.459 e. The minimum absolute atomic E-state index is 0.0188. The van der Waals surface area contributed by atoms with Gasteiger partial charge in [-0.2, -0.15) is 0 Å². The first-order valence-corrected chi connectivity index (χ1v) is 16.5. The SMILES string of the molecule is CC(C)(C)OC(=O)CN1CCN(Cc2cccc(Nc3nccc(-c4ccc(NCCCNC(=O)OC(C)(C)C)nc4)n3)c2)CC1C(N)=O. The van der Waals surface area contributed by atoms with E-state index in [-0.39, 0.29) is 12.5 Å². The molecule has 1 aliphatic rings. The molecular formula is C35H49N9O5. The second kappa shape index (κ2) is 16.5. The lowest BCUT2D eigenvalue weighted by Gasteiger charge is -2.39. The fourth-order valence-corrected chi connectivity index (χ4v) is 5.19. The summed E-state index contributed by atoms with van der Waals surface area (Å²) in [5.74, 6) is 0.322. The topological polar surface area (TPSA) is 177 Å². The molecule has 2 aromatic heterocycles. The Morgan fingerprint density at radius 1 is 0.959 bits per heavy atom. The van der Waals surface area contributed by atoms with Crippen molar-refractivity contribution >= 4 is 35.4 Å². The molecule has 5 N–H and O–H groups in total. The van der Waals surface area contributed by atoms with Crippen molar-refractivity contribution in [3.8, 4) is 11.3 Å². The van der Waals surface area contributed by atoms with Crippen LogP contribution in [0.15, 0.2) is 54.9 Å². The van der Waals surface area contributed by atoms with Gasteiger partial charge in [0.2, 0.25) is 11.9 Å². The van der Waals surface area contributed by atoms with Gasteiger partial charge in [-0.3, -0.25) is 19.4 Å². The number of nitrogens with two attached hydrogens (primary N) is 1. The third-order valence-corrected chi connectivity index (χ3v) is 7.29. The number of carbonyl (C=O) groups is 3. The highest BCUT2D eigenvalue weighted by Crippen LogP contribution is 2.22. The summed E-state index contributed by atoms with van der Waals surface area (Å²) in [7, 11) is 0. The molecule has 4 rings (SSSR count). The molecule has 0 spiro atoms. The Morgan fingerprint density at radius 3 is 2.43 bits per heavy atom. The Balaban J connectivity index is 1.28. The van der Waals surface area contributed by atoms with E-state index in [9.17, 15) is 14.4 Å². The number of ether oxygens (including phenoxy) is 2. The van der Waals surface area contributed by atoms with Crippen molar-refractivity contribution in [2.24, 2.45) is 5.73 Å². The van der Waals surface area contributed by atoms with Gasteiger partial charge in [0, 0.05) is 62.9 Å². The lowest BCUT2D eigenvalue weighted by atomic mass is 10.1. The fourth-order valence-electron chi connectivity index (χ4n) is 5.19. The molecule has 14 heteroatoms. The van der Waals surface area contributed by atoms with Crippen LogP contribution in [-0.2, 0) is 25.6 Å². The van der Waals surface area contributed by atoms with E-state index < -0.39 is 29.2 Å². The van der Waals surface area contributed by atoms with E-state index in [0.717, 1.165) is 28.3 Å². The van der Waals surface area contributed by atoms with Gasteiger partial charge in [0.25, 0.3) is 0 Å². The lowest BCUT2D eigenvalue weighted by Crippen LogP contribution is -2.59. The second-order valence-electron chi connectivity index (χ2n) is 13.9. The third kappa shape index (κ3) is 12.6. The molecule has 1 unspecified atom stereocenters. The van der Waals surface area contributed by atoms with Crippen molar-refractivity contribution in [2.75, 3.05) is 49.9 Å². The smallest absolute Gasteiger partial charge is 0.407 e. The van der Waals surface area contributed by atoms with Crippen LogP contribution in [0.25, 0.3) is 11.3 Å². The van der Waals surface area contributed by atoms with Crippen molar-refractivity contribution in [3.63, 3.8) is 0 Å². The number of hydrogen-bond donors (Lipinski definition) is 4. The molecule has 0 aliphatic carbocycles. The van der Waals surface area contributed by atoms with Crippen LogP contribution in [-0.4, -0.2) is 99.2 Å². The Morgan fingerprint density at radius 2 is 1.73 bits per heavy atom. The predicted molar refractivity (Wildman–Crippen MR) is 188 cm³/mol. The molecule has 264 valence electrons. The molecule has 1 fully saturated rings. The second-order valence-corrected chi connectivity index (χ2v) is 13.9. The summed E-state index contributed by atoms with van der Waals surface area (Å²) in [6.45, 7) is 14.3. The van der Waals surface area contributed by atoms with Gasteiger partial charge in [0.15, 0.2) is 0 Å². The van der Waals surface area contributed by atoms with Gasteiger partial charge >= 0.3 is 12.1 Å². The van der Waals surface area contributed by atoms with E-state index in [4.69, 9.17) is 15.2 Å². The molecular weight excluding hydrogens is 626 g/mol. The number of nitrogens with zero attached hydrogens (tertiary/aromatic N) is 5. The van der Waals surface area contributed by atoms with Crippen molar-refractivity contribution in [2.45, 2.75) is 71.8 Å². The zero-order valence-electron chi connectivity index (χ0n) is 29.3. The van der Waals surface area contributed by atoms with Gasteiger partial charge in [-0.25, -0.2) is 19.7 Å². The maximum atomic E-state index is 12.4. The van der Waals surface area contributed by atoms with Crippen LogP contribution in [0.3, 0.4) is 0 Å². The number of alkyl carbamates (subject to hydrolysis) is 1. The van der Waals surface area contributed by atoms with Gasteiger partial charge in [0.05, 0.1) is 12.2 Å². The standard InChI is InChI=1S/C35H49N9O5/c1-34(2,3)48-30(45)23-44-18-17-43(22-28(44)31(36)46)21-24-9-7-10-26(19-24)41-32-38-16-13-27(42-32)25-11-12-29(40-20-25)37-14-8-15-39-33(47)49-35(4,5)6/h7,9-13,16,19-20,28H,8,14-15,17-18,21-23H2,1-6H3,(H2,36,46)(H,37,40)(H,39,47)(H,38,41,42). The molecule has 14 nitrogen and oxygen atoms in total. The van der Waals surface area contributed by atoms with Gasteiger partial charge < -0.3 is 31.2 Å². The number of hydrogen-bond acceptors (Lipinski definition) is 12. The maximum Gasteiger partial charge on any atom is 0.407 e. The molecule has 2 amide bonds. The van der Waals surface area contributed by atoms with E-state index in [1.165, 1.54) is 0 Å². The number of piperazine rings is 1. The average Bonchev–Trinajstić information content (AvgIpc) is 3.00. The Bertz CT molecular complexity index is 1570. The minimum Gasteiger partial charge on any atom is -0.459 e. The third-order valence-electron chi connectivity index (χ3n) is 7.29. The van der Waals surface area contributed by atoms with Crippen molar-refractivity contribution < 1.29 is 23.9 Å². The number of anilines is 3. The first-order chi connectivity index (χ1) is 23.1. The van der Waals surface area contributed by atoms with E-state index >= 15 is 0 Å². The van der Waals surface area contributed by atoms with Crippen molar-refractivity contribution in [3.05, 3.63) is 60.4 Å². The molecule has 3 aromatic rings. The summed E-state index contributed by atoms with van der Waals surface area (Å²) in [4.78, 5) is 54.0. The number of pyridine rings is 1. The maximum absolute atomic E-state index is 12.4. The zero-order chi connectivity index (χ0) is 35.6. The summed E-state index contributed by atoms with van der Waals surface area (Å²) in [6.07, 6.45) is 3.73. The summed E-state index contributed by atoms with van der Waals surface area (Å²) in [5, 5.41) is 9.29. The molecule has 0 saturated carbocycles. The number of esters is 1. The first kappa shape index (κ1) is 37.0. The van der Waals surface area contributed by atoms with Gasteiger partial charge in [-0.05, 0) is 83.9 Å². The zero-order valence-corrected chi connectivity index (χ0v) is 29.3. The number of amides is 2. The lowest BCUT2D eigenvalue weighted by molar-refractivity contribution is -0.157. The van der Waals surface area contributed by atoms with E-state index in [2.05, 4.69) is 35.8 Å². The number of carbonyl (C=O) groups excluding carboxylic acids is 3. The molecule has 1 atom stereocenters. The highest BCUT2D eigenvalue weighted by molar-refractivity contribution is 5.81. The monoisotopic (exact) mass is 675 g/mol. The summed E-state index contributed by atoms with van der Waals surface area (Å²) in [5.41, 5.74) is 8.03. The average molecular weight is 676 g/mol. The molecule has 0 bridgehead atoms. The summed E-state index contributed by atoms with van der Waals surface area (Å²) in [6, 6.07) is 13.0. The van der Waals surface area contributed by atoms with Crippen LogP contribution >= 0.6 is 0 Å². The number of aromatic nitrogens is 3. The molecule has 3 heterocycles. The molecule has 1 aliphatic heterocycles. The Hall–Kier alpha value is -4.82. The van der Waals surface area contributed by atoms with Crippen LogP contribution in [0.2, 0.25) is 0 Å². The summed E-state index contributed by atoms with van der Waals surface area (Å²) >= 11 is 0. The summed E-state index contributed by atoms with van der Waals surface area (Å²) < 4.78 is 10.7. The highest BCUT2D eigenvalue weighted by Gasteiger charge is 2.33. The van der Waals surface area contributed by atoms with Gasteiger partial charge in [0.1, 0.15) is 23.1 Å². The van der Waals surface area contributed by atoms with Gasteiger partial charge in [-0.1, -0.05) is 12.1 Å². The quantitative estimate of drug-likeness (QED) is 0.152. The minimum atomic E-state index is -0.598. The van der Waals surface area contributed by atoms with Crippen LogP contribution in [0.5, 0.6) is 0 Å². The molecule has 49 heavy (non-hydrogen) atoms. The van der Waals surface area contributed by atoms with Crippen LogP contribution < -0.4 is 21.7 Å². The predicted octanol–water partition coefficient (Wildman–Crippen LogP) is 3.92. The fraction of sp³-hybridized carbons (Fsp3) is 0.486. The van der Waals surface area contributed by atoms with Gasteiger partial charge in [-0.15, -0.1) is 0 Å². The van der Waals surface area contributed by atoms with Crippen LogP contribution in [0.4, 0.5) is 22.2 Å². The number of rotatable bonds is 13. The van der Waals surface area contributed by atoms with Crippen molar-refractivity contribution in [1.82, 2.24) is 30.1 Å². The van der Waals surface area contributed by atoms with E-state index in [1.807, 2.05) is 84.0 Å². The Kier molecular flexibility index (Phi) is 12.5. The number of benzene rings is 1. The molecule has 0 radical (unpaired) electrons. The molecule has 1 aromatic carbocycles. The van der Waals surface area contributed by atoms with Crippen LogP contribution in [0, 0.1) is 0 Å². The number of primary amides is 1. The Labute approximate surface area is 288 Å². The van der Waals surface area contributed by atoms with Crippen LogP contribution in [0.1, 0.15) is 53.5 Å². The molecule has 1 saturated heterocycles. The highest BCUT2D eigenvalue weighted by atomic mass is 16.6.